The van der Waals surface area contributed by atoms with Gasteiger partial charge in [0, 0.05) is 13.1 Å². The Labute approximate surface area is 112 Å². The third-order valence-corrected chi connectivity index (χ3v) is 3.26. The monoisotopic (exact) mass is 266 g/mol. The molecule has 104 valence electrons. The highest BCUT2D eigenvalue weighted by Gasteiger charge is 2.19. The second-order valence-electron chi connectivity index (χ2n) is 4.96. The van der Waals surface area contributed by atoms with E-state index in [1.165, 1.54) is 24.3 Å². The van der Waals surface area contributed by atoms with E-state index in [9.17, 15) is 9.18 Å². The van der Waals surface area contributed by atoms with Gasteiger partial charge >= 0.3 is 0 Å². The lowest BCUT2D eigenvalue weighted by molar-refractivity contribution is -0.123. The van der Waals surface area contributed by atoms with Crippen molar-refractivity contribution in [1.29, 1.82) is 0 Å². The van der Waals surface area contributed by atoms with Gasteiger partial charge in [-0.05, 0) is 50.2 Å². The first-order chi connectivity index (χ1) is 9.13. The molecule has 1 aromatic rings. The highest BCUT2D eigenvalue weighted by Crippen LogP contribution is 2.13. The molecule has 1 saturated heterocycles. The van der Waals surface area contributed by atoms with Crippen LogP contribution in [0.3, 0.4) is 0 Å². The molecule has 1 aliphatic rings. The van der Waals surface area contributed by atoms with Crippen molar-refractivity contribution in [2.45, 2.75) is 6.42 Å². The zero-order valence-electron chi connectivity index (χ0n) is 11.1. The molecular weight excluding hydrogens is 247 g/mol. The van der Waals surface area contributed by atoms with Gasteiger partial charge in [0.2, 0.25) is 0 Å². The van der Waals surface area contributed by atoms with Crippen LogP contribution in [0.25, 0.3) is 0 Å². The minimum atomic E-state index is -0.317. The summed E-state index contributed by atoms with van der Waals surface area (Å²) in [5.41, 5.74) is 0. The summed E-state index contributed by atoms with van der Waals surface area (Å²) in [6, 6.07) is 5.63. The van der Waals surface area contributed by atoms with Gasteiger partial charge in [-0.2, -0.15) is 0 Å². The van der Waals surface area contributed by atoms with Crippen molar-refractivity contribution < 1.29 is 13.9 Å². The van der Waals surface area contributed by atoms with Crippen LogP contribution in [0.2, 0.25) is 0 Å². The van der Waals surface area contributed by atoms with Gasteiger partial charge in [0.1, 0.15) is 11.6 Å². The molecule has 4 nitrogen and oxygen atoms in total. The van der Waals surface area contributed by atoms with E-state index in [1.807, 2.05) is 0 Å². The summed E-state index contributed by atoms with van der Waals surface area (Å²) >= 11 is 0. The van der Waals surface area contributed by atoms with Crippen LogP contribution >= 0.6 is 0 Å². The van der Waals surface area contributed by atoms with Crippen molar-refractivity contribution in [3.8, 4) is 5.75 Å². The molecule has 1 amide bonds. The number of ether oxygens (including phenoxy) is 1. The van der Waals surface area contributed by atoms with Crippen LogP contribution in [-0.2, 0) is 4.79 Å². The maximum Gasteiger partial charge on any atom is 0.257 e. The van der Waals surface area contributed by atoms with E-state index in [2.05, 4.69) is 17.3 Å². The van der Waals surface area contributed by atoms with E-state index in [-0.39, 0.29) is 18.3 Å². The van der Waals surface area contributed by atoms with Crippen LogP contribution in [-0.4, -0.2) is 44.1 Å². The Balaban J connectivity index is 1.65. The molecule has 5 heteroatoms. The van der Waals surface area contributed by atoms with Crippen LogP contribution < -0.4 is 10.1 Å². The standard InChI is InChI=1S/C14H19FN2O2/c1-17-7-6-11(9-17)8-16-14(18)10-19-13-4-2-12(15)3-5-13/h2-5,11H,6-10H2,1H3,(H,16,18). The number of likely N-dealkylation sites (tertiary alicyclic amines) is 1. The number of nitrogens with one attached hydrogen (secondary N) is 1. The normalized spacial score (nSPS) is 19.4. The van der Waals surface area contributed by atoms with Gasteiger partial charge in [-0.15, -0.1) is 0 Å². The molecule has 19 heavy (non-hydrogen) atoms. The fourth-order valence-corrected chi connectivity index (χ4v) is 2.18. The number of nitrogens with zero attached hydrogens (tertiary/aromatic N) is 1. The van der Waals surface area contributed by atoms with Crippen molar-refractivity contribution in [3.63, 3.8) is 0 Å². The van der Waals surface area contributed by atoms with E-state index in [0.29, 0.717) is 18.2 Å². The zero-order valence-corrected chi connectivity index (χ0v) is 11.1. The zero-order chi connectivity index (χ0) is 13.7. The molecular formula is C14H19FN2O2. The molecule has 1 aliphatic heterocycles. The van der Waals surface area contributed by atoms with Crippen LogP contribution in [0.1, 0.15) is 6.42 Å². The average Bonchev–Trinajstić information content (AvgIpc) is 2.81. The van der Waals surface area contributed by atoms with Gasteiger partial charge < -0.3 is 15.0 Å². The van der Waals surface area contributed by atoms with Gasteiger partial charge in [-0.25, -0.2) is 4.39 Å². The molecule has 0 aliphatic carbocycles. The molecule has 1 fully saturated rings. The SMILES string of the molecule is CN1CCC(CNC(=O)COc2ccc(F)cc2)C1. The van der Waals surface area contributed by atoms with Gasteiger partial charge in [0.25, 0.3) is 5.91 Å². The maximum absolute atomic E-state index is 12.7. The molecule has 0 bridgehead atoms. The first-order valence-corrected chi connectivity index (χ1v) is 6.47. The number of rotatable bonds is 5. The van der Waals surface area contributed by atoms with E-state index < -0.39 is 0 Å². The highest BCUT2D eigenvalue weighted by atomic mass is 19.1. The first kappa shape index (κ1) is 13.8. The summed E-state index contributed by atoms with van der Waals surface area (Å²) < 4.78 is 17.9. The van der Waals surface area contributed by atoms with E-state index >= 15 is 0 Å². The second kappa shape index (κ2) is 6.52. The van der Waals surface area contributed by atoms with Gasteiger partial charge in [0.05, 0.1) is 0 Å². The molecule has 1 atom stereocenters. The predicted octanol–water partition coefficient (Wildman–Crippen LogP) is 1.27. The van der Waals surface area contributed by atoms with Gasteiger partial charge in [0.15, 0.2) is 6.61 Å². The van der Waals surface area contributed by atoms with Crippen molar-refractivity contribution in [1.82, 2.24) is 10.2 Å². The molecule has 1 aromatic carbocycles. The summed E-state index contributed by atoms with van der Waals surface area (Å²) in [5.74, 6) is 0.568. The Morgan fingerprint density at radius 2 is 2.21 bits per heavy atom. The largest absolute Gasteiger partial charge is 0.484 e. The summed E-state index contributed by atoms with van der Waals surface area (Å²) in [5, 5.41) is 2.86. The van der Waals surface area contributed by atoms with E-state index in [1.54, 1.807) is 0 Å². The van der Waals surface area contributed by atoms with Crippen molar-refractivity contribution in [2.75, 3.05) is 33.3 Å². The topological polar surface area (TPSA) is 41.6 Å². The minimum absolute atomic E-state index is 0.0335. The Hall–Kier alpha value is -1.62. The van der Waals surface area contributed by atoms with Crippen LogP contribution in [0.15, 0.2) is 24.3 Å². The number of carbonyl (C=O) groups excluding carboxylic acids is 1. The predicted molar refractivity (Wildman–Crippen MR) is 70.5 cm³/mol. The summed E-state index contributed by atoms with van der Waals surface area (Å²) in [6.45, 7) is 2.77. The molecule has 1 N–H and O–H groups in total. The van der Waals surface area contributed by atoms with Crippen molar-refractivity contribution >= 4 is 5.91 Å². The molecule has 2 rings (SSSR count). The quantitative estimate of drug-likeness (QED) is 0.872. The number of benzene rings is 1. The Morgan fingerprint density at radius 1 is 1.47 bits per heavy atom. The van der Waals surface area contributed by atoms with Crippen molar-refractivity contribution in [2.24, 2.45) is 5.92 Å². The molecule has 0 radical (unpaired) electrons. The third-order valence-electron chi connectivity index (χ3n) is 3.26. The number of amides is 1. The molecule has 0 spiro atoms. The van der Waals surface area contributed by atoms with Crippen LogP contribution in [0, 0.1) is 11.7 Å². The molecule has 1 heterocycles. The fraction of sp³-hybridized carbons (Fsp3) is 0.500. The summed E-state index contributed by atoms with van der Waals surface area (Å²) in [6.07, 6.45) is 1.12. The lowest BCUT2D eigenvalue weighted by Gasteiger charge is -2.12. The highest BCUT2D eigenvalue weighted by molar-refractivity contribution is 5.77. The Kier molecular flexibility index (Phi) is 4.74. The van der Waals surface area contributed by atoms with Gasteiger partial charge in [-0.1, -0.05) is 0 Å². The molecule has 0 aromatic heterocycles. The first-order valence-electron chi connectivity index (χ1n) is 6.47. The maximum atomic E-state index is 12.7. The van der Waals surface area contributed by atoms with E-state index in [0.717, 1.165) is 19.5 Å². The number of carbonyl (C=O) groups is 1. The number of hydrogen-bond donors (Lipinski definition) is 1. The number of hydrogen-bond acceptors (Lipinski definition) is 3. The van der Waals surface area contributed by atoms with E-state index in [4.69, 9.17) is 4.74 Å². The number of halogens is 1. The summed E-state index contributed by atoms with van der Waals surface area (Å²) in [7, 11) is 2.08. The second-order valence-corrected chi connectivity index (χ2v) is 4.96. The van der Waals surface area contributed by atoms with Crippen LogP contribution in [0.5, 0.6) is 5.75 Å². The lowest BCUT2D eigenvalue weighted by Crippen LogP contribution is -2.33. The minimum Gasteiger partial charge on any atom is -0.484 e. The average molecular weight is 266 g/mol. The van der Waals surface area contributed by atoms with Gasteiger partial charge in [-0.3, -0.25) is 4.79 Å². The Morgan fingerprint density at radius 3 is 2.84 bits per heavy atom. The molecule has 0 saturated carbocycles. The third kappa shape index (κ3) is 4.52. The summed E-state index contributed by atoms with van der Waals surface area (Å²) in [4.78, 5) is 13.9. The lowest BCUT2D eigenvalue weighted by atomic mass is 10.1. The fourth-order valence-electron chi connectivity index (χ4n) is 2.18. The molecule has 1 unspecified atom stereocenters. The smallest absolute Gasteiger partial charge is 0.257 e. The van der Waals surface area contributed by atoms with Crippen molar-refractivity contribution in [3.05, 3.63) is 30.1 Å². The van der Waals surface area contributed by atoms with Crippen LogP contribution in [0.4, 0.5) is 4.39 Å². The Bertz CT molecular complexity index is 422.